The first-order valence-electron chi connectivity index (χ1n) is 7.84. The van der Waals surface area contributed by atoms with Crippen molar-refractivity contribution in [1.29, 1.82) is 0 Å². The molecule has 2 heterocycles. The molecule has 24 heavy (non-hydrogen) atoms. The van der Waals surface area contributed by atoms with E-state index < -0.39 is 0 Å². The summed E-state index contributed by atoms with van der Waals surface area (Å²) in [4.78, 5) is 14.6. The second-order valence-electron chi connectivity index (χ2n) is 5.95. The van der Waals surface area contributed by atoms with Gasteiger partial charge in [-0.05, 0) is 65.5 Å². The summed E-state index contributed by atoms with van der Waals surface area (Å²) in [5.41, 5.74) is 1.97. The summed E-state index contributed by atoms with van der Waals surface area (Å²) in [5.74, 6) is 0.885. The summed E-state index contributed by atoms with van der Waals surface area (Å²) in [7, 11) is 0. The van der Waals surface area contributed by atoms with Crippen molar-refractivity contribution in [3.63, 3.8) is 0 Å². The molecule has 0 atom stereocenters. The number of hydrogen-bond acceptors (Lipinski definition) is 4. The summed E-state index contributed by atoms with van der Waals surface area (Å²) in [6, 6.07) is 9.51. The molecule has 7 heteroatoms. The molecule has 126 valence electrons. The second-order valence-corrected chi connectivity index (χ2v) is 7.19. The number of carbonyl (C=O) groups is 1. The number of piperidine rings is 1. The van der Waals surface area contributed by atoms with E-state index >= 15 is 0 Å². The van der Waals surface area contributed by atoms with Crippen molar-refractivity contribution >= 4 is 44.9 Å². The first kappa shape index (κ1) is 17.2. The average molecular weight is 410 g/mol. The smallest absolute Gasteiger partial charge is 0.227 e. The number of halogens is 2. The number of anilines is 2. The molecule has 5 nitrogen and oxygen atoms in total. The monoisotopic (exact) mass is 408 g/mol. The van der Waals surface area contributed by atoms with Crippen LogP contribution in [0.25, 0.3) is 0 Å². The summed E-state index contributed by atoms with van der Waals surface area (Å²) >= 11 is 9.26. The fourth-order valence-electron chi connectivity index (χ4n) is 2.80. The third-order valence-electron chi connectivity index (χ3n) is 4.19. The van der Waals surface area contributed by atoms with Gasteiger partial charge in [-0.25, -0.2) is 0 Å². The van der Waals surface area contributed by atoms with Crippen molar-refractivity contribution < 1.29 is 4.79 Å². The van der Waals surface area contributed by atoms with Crippen LogP contribution in [0.4, 0.5) is 11.5 Å². The quantitative estimate of drug-likeness (QED) is 0.830. The Kier molecular flexibility index (Phi) is 5.36. The third-order valence-corrected chi connectivity index (χ3v) is 5.05. The molecule has 0 bridgehead atoms. The van der Waals surface area contributed by atoms with Crippen LogP contribution < -0.4 is 10.2 Å². The van der Waals surface area contributed by atoms with E-state index in [-0.39, 0.29) is 11.8 Å². The molecule has 1 aromatic heterocycles. The van der Waals surface area contributed by atoms with Crippen molar-refractivity contribution in [2.24, 2.45) is 5.92 Å². The lowest BCUT2D eigenvalue weighted by molar-refractivity contribution is -0.120. The predicted molar refractivity (Wildman–Crippen MR) is 99.5 cm³/mol. The molecule has 3 rings (SSSR count). The number of amides is 1. The van der Waals surface area contributed by atoms with Gasteiger partial charge in [0.2, 0.25) is 5.91 Å². The molecule has 1 saturated heterocycles. The van der Waals surface area contributed by atoms with Crippen molar-refractivity contribution in [1.82, 2.24) is 10.2 Å². The topological polar surface area (TPSA) is 58.1 Å². The maximum Gasteiger partial charge on any atom is 0.227 e. The van der Waals surface area contributed by atoms with Crippen LogP contribution in [-0.4, -0.2) is 29.2 Å². The molecule has 1 aliphatic rings. The van der Waals surface area contributed by atoms with E-state index in [2.05, 4.69) is 36.3 Å². The molecular formula is C17H18BrClN4O. The van der Waals surface area contributed by atoms with Crippen molar-refractivity contribution in [3.05, 3.63) is 45.5 Å². The van der Waals surface area contributed by atoms with Gasteiger partial charge in [0.1, 0.15) is 0 Å². The van der Waals surface area contributed by atoms with E-state index in [9.17, 15) is 4.79 Å². The number of hydrogen-bond donors (Lipinski definition) is 1. The van der Waals surface area contributed by atoms with Gasteiger partial charge in [-0.3, -0.25) is 4.79 Å². The standard InChI is InChI=1S/C17H18BrClN4O/c1-11-2-3-14(13(18)10-11)20-17(24)12-6-8-23(9-7-12)16-5-4-15(19)21-22-16/h2-5,10,12H,6-9H2,1H3,(H,20,24). The van der Waals surface area contributed by atoms with Crippen LogP contribution in [0.3, 0.4) is 0 Å². The van der Waals surface area contributed by atoms with Crippen LogP contribution in [0.1, 0.15) is 18.4 Å². The van der Waals surface area contributed by atoms with E-state index in [0.717, 1.165) is 47.5 Å². The minimum Gasteiger partial charge on any atom is -0.355 e. The number of nitrogens with zero attached hydrogens (tertiary/aromatic N) is 3. The highest BCUT2D eigenvalue weighted by atomic mass is 79.9. The first-order chi connectivity index (χ1) is 11.5. The van der Waals surface area contributed by atoms with Crippen LogP contribution in [0.5, 0.6) is 0 Å². The Hall–Kier alpha value is -1.66. The molecule has 0 spiro atoms. The highest BCUT2D eigenvalue weighted by molar-refractivity contribution is 9.10. The van der Waals surface area contributed by atoms with Gasteiger partial charge in [0.05, 0.1) is 5.69 Å². The van der Waals surface area contributed by atoms with Gasteiger partial charge in [-0.2, -0.15) is 0 Å². The fraction of sp³-hybridized carbons (Fsp3) is 0.353. The minimum atomic E-state index is 0.00899. The van der Waals surface area contributed by atoms with Crippen LogP contribution in [0.15, 0.2) is 34.8 Å². The Labute approximate surface area is 154 Å². The molecule has 1 N–H and O–H groups in total. The molecule has 1 amide bonds. The van der Waals surface area contributed by atoms with Gasteiger partial charge >= 0.3 is 0 Å². The zero-order chi connectivity index (χ0) is 17.1. The van der Waals surface area contributed by atoms with E-state index in [0.29, 0.717) is 5.15 Å². The molecule has 1 aliphatic heterocycles. The zero-order valence-electron chi connectivity index (χ0n) is 13.3. The first-order valence-corrected chi connectivity index (χ1v) is 9.01. The Morgan fingerprint density at radius 2 is 2.00 bits per heavy atom. The summed E-state index contributed by atoms with van der Waals surface area (Å²) in [5, 5.41) is 11.4. The van der Waals surface area contributed by atoms with Gasteiger partial charge in [-0.1, -0.05) is 17.7 Å². The van der Waals surface area contributed by atoms with E-state index in [1.165, 1.54) is 0 Å². The van der Waals surface area contributed by atoms with Crippen molar-refractivity contribution in [2.45, 2.75) is 19.8 Å². The lowest BCUT2D eigenvalue weighted by atomic mass is 9.96. The Bertz CT molecular complexity index is 730. The number of carbonyl (C=O) groups excluding carboxylic acids is 1. The number of aryl methyl sites for hydroxylation is 1. The molecule has 0 unspecified atom stereocenters. The molecular weight excluding hydrogens is 392 g/mol. The number of aromatic nitrogens is 2. The lowest BCUT2D eigenvalue weighted by Crippen LogP contribution is -2.38. The molecule has 1 aromatic carbocycles. The summed E-state index contributed by atoms with van der Waals surface area (Å²) < 4.78 is 0.907. The van der Waals surface area contributed by atoms with Gasteiger partial charge in [0, 0.05) is 23.5 Å². The highest BCUT2D eigenvalue weighted by Crippen LogP contribution is 2.26. The number of benzene rings is 1. The normalized spacial score (nSPS) is 15.4. The third kappa shape index (κ3) is 4.05. The Morgan fingerprint density at radius 1 is 1.25 bits per heavy atom. The van der Waals surface area contributed by atoms with Crippen LogP contribution in [-0.2, 0) is 4.79 Å². The van der Waals surface area contributed by atoms with Gasteiger partial charge < -0.3 is 10.2 Å². The van der Waals surface area contributed by atoms with Gasteiger partial charge in [0.25, 0.3) is 0 Å². The maximum absolute atomic E-state index is 12.5. The number of rotatable bonds is 3. The van der Waals surface area contributed by atoms with E-state index in [4.69, 9.17) is 11.6 Å². The van der Waals surface area contributed by atoms with Crippen LogP contribution >= 0.6 is 27.5 Å². The predicted octanol–water partition coefficient (Wildman–Crippen LogP) is 4.06. The fourth-order valence-corrected chi connectivity index (χ4v) is 3.50. The van der Waals surface area contributed by atoms with Crippen molar-refractivity contribution in [3.8, 4) is 0 Å². The molecule has 0 radical (unpaired) electrons. The zero-order valence-corrected chi connectivity index (χ0v) is 15.6. The minimum absolute atomic E-state index is 0.00899. The van der Waals surface area contributed by atoms with Crippen molar-refractivity contribution in [2.75, 3.05) is 23.3 Å². The van der Waals surface area contributed by atoms with Gasteiger partial charge in [0.15, 0.2) is 11.0 Å². The Balaban J connectivity index is 1.58. The number of nitrogens with one attached hydrogen (secondary N) is 1. The molecule has 1 fully saturated rings. The Morgan fingerprint density at radius 3 is 2.62 bits per heavy atom. The maximum atomic E-state index is 12.5. The van der Waals surface area contributed by atoms with Crippen LogP contribution in [0, 0.1) is 12.8 Å². The van der Waals surface area contributed by atoms with Crippen LogP contribution in [0.2, 0.25) is 5.15 Å². The summed E-state index contributed by atoms with van der Waals surface area (Å²) in [6.45, 7) is 3.58. The molecule has 2 aromatic rings. The van der Waals surface area contributed by atoms with E-state index in [1.807, 2.05) is 31.2 Å². The highest BCUT2D eigenvalue weighted by Gasteiger charge is 2.26. The average Bonchev–Trinajstić information content (AvgIpc) is 2.58. The molecule has 0 aliphatic carbocycles. The SMILES string of the molecule is Cc1ccc(NC(=O)C2CCN(c3ccc(Cl)nn3)CC2)c(Br)c1. The largest absolute Gasteiger partial charge is 0.355 e. The lowest BCUT2D eigenvalue weighted by Gasteiger charge is -2.31. The second kappa shape index (κ2) is 7.49. The molecule has 0 saturated carbocycles. The summed E-state index contributed by atoms with van der Waals surface area (Å²) in [6.07, 6.45) is 1.58. The van der Waals surface area contributed by atoms with E-state index in [1.54, 1.807) is 6.07 Å². The van der Waals surface area contributed by atoms with Gasteiger partial charge in [-0.15, -0.1) is 10.2 Å².